The second-order valence-electron chi connectivity index (χ2n) is 3.96. The number of aryl methyl sites for hydroxylation is 1. The van der Waals surface area contributed by atoms with Gasteiger partial charge in [0.2, 0.25) is 5.91 Å². The number of nitro groups is 1. The van der Waals surface area contributed by atoms with Crippen molar-refractivity contribution in [3.63, 3.8) is 0 Å². The number of ether oxygens (including phenoxy) is 1. The zero-order valence-corrected chi connectivity index (χ0v) is 9.14. The smallest absolute Gasteiger partial charge is 0.311 e. The van der Waals surface area contributed by atoms with Crippen molar-refractivity contribution < 1.29 is 14.5 Å². The molecule has 0 atom stereocenters. The maximum Gasteiger partial charge on any atom is 0.311 e. The number of nitrogens with zero attached hydrogens (tertiary/aromatic N) is 1. The van der Waals surface area contributed by atoms with Crippen LogP contribution in [-0.4, -0.2) is 17.4 Å². The number of hydrogen-bond donors (Lipinski definition) is 1. The summed E-state index contributed by atoms with van der Waals surface area (Å²) in [5.74, 6) is -0.176. The molecule has 0 aliphatic carbocycles. The summed E-state index contributed by atoms with van der Waals surface area (Å²) < 4.78 is 5.32. The third-order valence-electron chi connectivity index (χ3n) is 2.62. The molecule has 0 unspecified atom stereocenters. The fraction of sp³-hybridized carbons (Fsp3) is 0.364. The van der Waals surface area contributed by atoms with Crippen LogP contribution in [-0.2, 0) is 17.6 Å². The fourth-order valence-electron chi connectivity index (χ4n) is 1.96. The standard InChI is InChI=1S/C11H12N2O4/c12-10(14)6-7-4-8-2-1-3-17-11(8)9(5-7)13(15)16/h4-5H,1-3,6H2,(H2,12,14). The minimum Gasteiger partial charge on any atom is -0.487 e. The number of carbonyl (C=O) groups excluding carboxylic acids is 1. The number of benzene rings is 1. The number of primary amides is 1. The largest absolute Gasteiger partial charge is 0.487 e. The monoisotopic (exact) mass is 236 g/mol. The van der Waals surface area contributed by atoms with E-state index in [1.54, 1.807) is 6.07 Å². The average Bonchev–Trinajstić information content (AvgIpc) is 2.27. The van der Waals surface area contributed by atoms with E-state index in [-0.39, 0.29) is 12.1 Å². The van der Waals surface area contributed by atoms with Crippen LogP contribution in [0.3, 0.4) is 0 Å². The molecule has 0 spiro atoms. The zero-order chi connectivity index (χ0) is 12.4. The number of carbonyl (C=O) groups is 1. The van der Waals surface area contributed by atoms with E-state index in [4.69, 9.17) is 10.5 Å². The van der Waals surface area contributed by atoms with Gasteiger partial charge in [-0.25, -0.2) is 0 Å². The van der Waals surface area contributed by atoms with Crippen LogP contribution in [0.5, 0.6) is 5.75 Å². The quantitative estimate of drug-likeness (QED) is 0.624. The highest BCUT2D eigenvalue weighted by Gasteiger charge is 2.23. The maximum atomic E-state index is 10.9. The van der Waals surface area contributed by atoms with Gasteiger partial charge in [-0.1, -0.05) is 6.07 Å². The first-order chi connectivity index (χ1) is 8.08. The Hall–Kier alpha value is -2.11. The second kappa shape index (κ2) is 4.40. The number of nitrogens with two attached hydrogens (primary N) is 1. The Balaban J connectivity index is 2.48. The number of hydrogen-bond acceptors (Lipinski definition) is 4. The van der Waals surface area contributed by atoms with Crippen LogP contribution in [0.4, 0.5) is 5.69 Å². The van der Waals surface area contributed by atoms with Gasteiger partial charge < -0.3 is 10.5 Å². The number of nitro benzene ring substituents is 1. The van der Waals surface area contributed by atoms with Gasteiger partial charge in [0, 0.05) is 11.6 Å². The summed E-state index contributed by atoms with van der Waals surface area (Å²) in [4.78, 5) is 21.3. The van der Waals surface area contributed by atoms with Gasteiger partial charge in [-0.15, -0.1) is 0 Å². The van der Waals surface area contributed by atoms with Crippen molar-refractivity contribution in [1.29, 1.82) is 0 Å². The lowest BCUT2D eigenvalue weighted by atomic mass is 10.00. The second-order valence-corrected chi connectivity index (χ2v) is 3.96. The lowest BCUT2D eigenvalue weighted by Crippen LogP contribution is -2.15. The molecule has 6 heteroatoms. The van der Waals surface area contributed by atoms with Gasteiger partial charge in [0.05, 0.1) is 18.0 Å². The molecular weight excluding hydrogens is 224 g/mol. The molecule has 2 rings (SSSR count). The molecule has 0 bridgehead atoms. The van der Waals surface area contributed by atoms with E-state index >= 15 is 0 Å². The number of rotatable bonds is 3. The van der Waals surface area contributed by atoms with Crippen LogP contribution in [0, 0.1) is 10.1 Å². The van der Waals surface area contributed by atoms with Crippen molar-refractivity contribution in [3.05, 3.63) is 33.4 Å². The van der Waals surface area contributed by atoms with Gasteiger partial charge in [0.25, 0.3) is 0 Å². The maximum absolute atomic E-state index is 10.9. The Morgan fingerprint density at radius 2 is 2.29 bits per heavy atom. The normalized spacial score (nSPS) is 13.6. The summed E-state index contributed by atoms with van der Waals surface area (Å²) >= 11 is 0. The predicted octanol–water partition coefficient (Wildman–Crippen LogP) is 0.948. The van der Waals surface area contributed by atoms with Crippen molar-refractivity contribution in [2.75, 3.05) is 6.61 Å². The minimum atomic E-state index is -0.504. The molecule has 0 radical (unpaired) electrons. The minimum absolute atomic E-state index is 0.00806. The van der Waals surface area contributed by atoms with Gasteiger partial charge in [0.1, 0.15) is 0 Å². The Labute approximate surface area is 97.5 Å². The van der Waals surface area contributed by atoms with Crippen LogP contribution in [0.15, 0.2) is 12.1 Å². The first-order valence-electron chi connectivity index (χ1n) is 5.29. The summed E-state index contributed by atoms with van der Waals surface area (Å²) in [7, 11) is 0. The summed E-state index contributed by atoms with van der Waals surface area (Å²) in [5, 5.41) is 10.9. The van der Waals surface area contributed by atoms with E-state index in [9.17, 15) is 14.9 Å². The third-order valence-corrected chi connectivity index (χ3v) is 2.62. The molecular formula is C11H12N2O4. The fourth-order valence-corrected chi connectivity index (χ4v) is 1.96. The van der Waals surface area contributed by atoms with Crippen LogP contribution < -0.4 is 10.5 Å². The van der Waals surface area contributed by atoms with E-state index < -0.39 is 10.8 Å². The Morgan fingerprint density at radius 3 is 2.94 bits per heavy atom. The molecule has 0 fully saturated rings. The molecule has 2 N–H and O–H groups in total. The molecule has 1 aromatic carbocycles. The summed E-state index contributed by atoms with van der Waals surface area (Å²) in [6, 6.07) is 3.11. The van der Waals surface area contributed by atoms with Crippen LogP contribution in [0.2, 0.25) is 0 Å². The first-order valence-corrected chi connectivity index (χ1v) is 5.29. The molecule has 0 saturated heterocycles. The number of fused-ring (bicyclic) bond motifs is 1. The molecule has 0 aromatic heterocycles. The topological polar surface area (TPSA) is 95.5 Å². The lowest BCUT2D eigenvalue weighted by molar-refractivity contribution is -0.386. The molecule has 17 heavy (non-hydrogen) atoms. The summed E-state index contributed by atoms with van der Waals surface area (Å²) in [6.07, 6.45) is 1.56. The van der Waals surface area contributed by atoms with Crippen molar-refractivity contribution in [2.45, 2.75) is 19.3 Å². The molecule has 0 saturated carbocycles. The predicted molar refractivity (Wildman–Crippen MR) is 59.8 cm³/mol. The van der Waals surface area contributed by atoms with Crippen molar-refractivity contribution in [3.8, 4) is 5.75 Å². The van der Waals surface area contributed by atoms with Crippen molar-refractivity contribution in [1.82, 2.24) is 0 Å². The van der Waals surface area contributed by atoms with E-state index in [1.165, 1.54) is 6.07 Å². The molecule has 1 aliphatic rings. The third kappa shape index (κ3) is 2.35. The molecule has 90 valence electrons. The summed E-state index contributed by atoms with van der Waals surface area (Å²) in [5.41, 5.74) is 6.34. The molecule has 1 aromatic rings. The Bertz CT molecular complexity index is 485. The highest BCUT2D eigenvalue weighted by molar-refractivity contribution is 5.77. The van der Waals surface area contributed by atoms with Crippen molar-refractivity contribution >= 4 is 11.6 Å². The molecule has 1 heterocycles. The van der Waals surface area contributed by atoms with E-state index in [0.29, 0.717) is 17.9 Å². The molecule has 1 aliphatic heterocycles. The van der Waals surface area contributed by atoms with Crippen LogP contribution in [0.1, 0.15) is 17.5 Å². The Kier molecular flexibility index (Phi) is 2.95. The van der Waals surface area contributed by atoms with Gasteiger partial charge >= 0.3 is 5.69 Å². The average molecular weight is 236 g/mol. The van der Waals surface area contributed by atoms with E-state index in [0.717, 1.165) is 18.4 Å². The SMILES string of the molecule is NC(=O)Cc1cc2c(c([N+](=O)[O-])c1)OCCC2. The van der Waals surface area contributed by atoms with Gasteiger partial charge in [0.15, 0.2) is 5.75 Å². The van der Waals surface area contributed by atoms with Crippen LogP contribution >= 0.6 is 0 Å². The van der Waals surface area contributed by atoms with Gasteiger partial charge in [-0.2, -0.15) is 0 Å². The van der Waals surface area contributed by atoms with E-state index in [1.807, 2.05) is 0 Å². The Morgan fingerprint density at radius 1 is 1.53 bits per heavy atom. The first kappa shape index (κ1) is 11.4. The molecule has 6 nitrogen and oxygen atoms in total. The zero-order valence-electron chi connectivity index (χ0n) is 9.14. The van der Waals surface area contributed by atoms with Gasteiger partial charge in [-0.05, 0) is 18.4 Å². The van der Waals surface area contributed by atoms with Crippen LogP contribution in [0.25, 0.3) is 0 Å². The highest BCUT2D eigenvalue weighted by Crippen LogP contribution is 2.35. The van der Waals surface area contributed by atoms with E-state index in [2.05, 4.69) is 0 Å². The van der Waals surface area contributed by atoms with Gasteiger partial charge in [-0.3, -0.25) is 14.9 Å². The van der Waals surface area contributed by atoms with Crippen molar-refractivity contribution in [2.24, 2.45) is 5.73 Å². The number of amides is 1. The molecule has 1 amide bonds. The lowest BCUT2D eigenvalue weighted by Gasteiger charge is -2.17. The summed E-state index contributed by atoms with van der Waals surface area (Å²) in [6.45, 7) is 0.489. The highest BCUT2D eigenvalue weighted by atomic mass is 16.6.